The summed E-state index contributed by atoms with van der Waals surface area (Å²) in [4.78, 5) is 8.59. The van der Waals surface area contributed by atoms with E-state index in [1.165, 1.54) is 0 Å². The van der Waals surface area contributed by atoms with Gasteiger partial charge in [0.15, 0.2) is 11.6 Å². The number of rotatable bonds is 7. The van der Waals surface area contributed by atoms with Crippen molar-refractivity contribution in [3.63, 3.8) is 0 Å². The number of amidine groups is 1. The molecule has 3 N–H and O–H groups in total. The van der Waals surface area contributed by atoms with Gasteiger partial charge in [0.25, 0.3) is 0 Å². The van der Waals surface area contributed by atoms with Crippen LogP contribution in [0.3, 0.4) is 0 Å². The topological polar surface area (TPSA) is 72.5 Å². The van der Waals surface area contributed by atoms with Gasteiger partial charge in [-0.05, 0) is 41.3 Å². The van der Waals surface area contributed by atoms with Crippen LogP contribution in [0.15, 0.2) is 65.9 Å². The molecule has 4 rings (SSSR count). The highest BCUT2D eigenvalue weighted by Gasteiger charge is 2.19. The van der Waals surface area contributed by atoms with Crippen molar-refractivity contribution in [2.45, 2.75) is 26.4 Å². The van der Waals surface area contributed by atoms with Gasteiger partial charge in [0.1, 0.15) is 18.2 Å². The average Bonchev–Trinajstić information content (AvgIpc) is 3.35. The normalized spacial score (nSPS) is 14.0. The van der Waals surface area contributed by atoms with Crippen LogP contribution in [-0.4, -0.2) is 23.9 Å². The molecule has 7 heteroatoms. The Morgan fingerprint density at radius 3 is 2.36 bits per heavy atom. The fourth-order valence-electron chi connectivity index (χ4n) is 3.70. The Kier molecular flexibility index (Phi) is 6.68. The lowest BCUT2D eigenvalue weighted by Crippen LogP contribution is -2.22. The zero-order valence-corrected chi connectivity index (χ0v) is 18.6. The molecule has 1 aliphatic heterocycles. The van der Waals surface area contributed by atoms with Crippen molar-refractivity contribution in [3.05, 3.63) is 94.8 Å². The number of halogens is 2. The van der Waals surface area contributed by atoms with Crippen molar-refractivity contribution >= 4 is 17.1 Å². The summed E-state index contributed by atoms with van der Waals surface area (Å²) in [7, 11) is 0. The van der Waals surface area contributed by atoms with Crippen LogP contribution in [0.5, 0.6) is 5.75 Å². The van der Waals surface area contributed by atoms with E-state index in [4.69, 9.17) is 10.5 Å². The zero-order chi connectivity index (χ0) is 23.4. The SMILES string of the molecule is CC(C)c1ccc(COc2ccc(C(C3=NCCN3)=C(N)c3ccncc3)cc2)c(F)c1F. The van der Waals surface area contributed by atoms with Gasteiger partial charge in [0.2, 0.25) is 0 Å². The minimum Gasteiger partial charge on any atom is -0.489 e. The largest absolute Gasteiger partial charge is 0.489 e. The Bertz CT molecular complexity index is 1190. The summed E-state index contributed by atoms with van der Waals surface area (Å²) in [6.45, 7) is 5.01. The molecule has 33 heavy (non-hydrogen) atoms. The molecule has 0 spiro atoms. The molecule has 1 aliphatic rings. The van der Waals surface area contributed by atoms with Gasteiger partial charge in [0.05, 0.1) is 12.2 Å². The number of hydrogen-bond acceptors (Lipinski definition) is 5. The predicted molar refractivity (Wildman–Crippen MR) is 127 cm³/mol. The molecule has 2 heterocycles. The van der Waals surface area contributed by atoms with Crippen LogP contribution in [0, 0.1) is 11.6 Å². The summed E-state index contributed by atoms with van der Waals surface area (Å²) in [5, 5.41) is 3.28. The molecule has 5 nitrogen and oxygen atoms in total. The second-order valence-corrected chi connectivity index (χ2v) is 8.09. The first kappa shape index (κ1) is 22.5. The van der Waals surface area contributed by atoms with Crippen LogP contribution in [0.4, 0.5) is 8.78 Å². The molecule has 0 radical (unpaired) electrons. The maximum atomic E-state index is 14.4. The number of hydrogen-bond donors (Lipinski definition) is 2. The van der Waals surface area contributed by atoms with Gasteiger partial charge >= 0.3 is 0 Å². The second kappa shape index (κ2) is 9.81. The lowest BCUT2D eigenvalue weighted by Gasteiger charge is -2.15. The number of nitrogens with one attached hydrogen (secondary N) is 1. The fraction of sp³-hybridized carbons (Fsp3) is 0.231. The summed E-state index contributed by atoms with van der Waals surface area (Å²) >= 11 is 0. The van der Waals surface area contributed by atoms with Gasteiger partial charge < -0.3 is 15.8 Å². The van der Waals surface area contributed by atoms with Gasteiger partial charge in [-0.1, -0.05) is 38.1 Å². The fourth-order valence-corrected chi connectivity index (χ4v) is 3.70. The third kappa shape index (κ3) is 4.87. The first-order valence-electron chi connectivity index (χ1n) is 10.8. The summed E-state index contributed by atoms with van der Waals surface area (Å²) in [5.74, 6) is -0.496. The van der Waals surface area contributed by atoms with Crippen LogP contribution in [0.1, 0.15) is 42.0 Å². The highest BCUT2D eigenvalue weighted by Crippen LogP contribution is 2.27. The van der Waals surface area contributed by atoms with E-state index in [0.29, 0.717) is 23.6 Å². The van der Waals surface area contributed by atoms with Crippen molar-refractivity contribution in [1.82, 2.24) is 10.3 Å². The molecule has 3 aromatic rings. The lowest BCUT2D eigenvalue weighted by atomic mass is 9.99. The van der Waals surface area contributed by atoms with Gasteiger partial charge in [-0.3, -0.25) is 9.98 Å². The van der Waals surface area contributed by atoms with Gasteiger partial charge in [-0.15, -0.1) is 0 Å². The smallest absolute Gasteiger partial charge is 0.165 e. The number of nitrogens with zero attached hydrogens (tertiary/aromatic N) is 2. The lowest BCUT2D eigenvalue weighted by molar-refractivity contribution is 0.297. The number of nitrogens with two attached hydrogens (primary N) is 1. The quantitative estimate of drug-likeness (QED) is 0.540. The molecule has 0 aliphatic carbocycles. The number of aromatic nitrogens is 1. The molecule has 0 fully saturated rings. The van der Waals surface area contributed by atoms with Crippen LogP contribution < -0.4 is 15.8 Å². The third-order valence-electron chi connectivity index (χ3n) is 5.52. The number of ether oxygens (including phenoxy) is 1. The van der Waals surface area contributed by atoms with Crippen LogP contribution >= 0.6 is 0 Å². The molecule has 170 valence electrons. The van der Waals surface area contributed by atoms with E-state index in [-0.39, 0.29) is 18.1 Å². The molecule has 0 atom stereocenters. The summed E-state index contributed by atoms with van der Waals surface area (Å²) < 4.78 is 34.4. The first-order chi connectivity index (χ1) is 16.0. The molecular formula is C26H26F2N4O. The Labute approximate surface area is 192 Å². The monoisotopic (exact) mass is 448 g/mol. The van der Waals surface area contributed by atoms with E-state index < -0.39 is 11.6 Å². The van der Waals surface area contributed by atoms with E-state index in [0.717, 1.165) is 29.1 Å². The molecule has 0 bridgehead atoms. The van der Waals surface area contributed by atoms with Crippen molar-refractivity contribution in [3.8, 4) is 5.75 Å². The zero-order valence-electron chi connectivity index (χ0n) is 18.6. The number of aliphatic imine (C=N–C) groups is 1. The third-order valence-corrected chi connectivity index (χ3v) is 5.52. The Balaban J connectivity index is 1.56. The van der Waals surface area contributed by atoms with Crippen LogP contribution in [0.2, 0.25) is 0 Å². The molecule has 1 aromatic heterocycles. The van der Waals surface area contributed by atoms with E-state index in [1.807, 2.05) is 38.1 Å². The average molecular weight is 449 g/mol. The van der Waals surface area contributed by atoms with E-state index in [2.05, 4.69) is 15.3 Å². The molecule has 0 saturated carbocycles. The van der Waals surface area contributed by atoms with E-state index >= 15 is 0 Å². The van der Waals surface area contributed by atoms with Gasteiger partial charge in [0, 0.05) is 35.6 Å². The summed E-state index contributed by atoms with van der Waals surface area (Å²) in [5.41, 5.74) is 10.1. The van der Waals surface area contributed by atoms with Crippen LogP contribution in [0.25, 0.3) is 11.3 Å². The molecule has 0 amide bonds. The van der Waals surface area contributed by atoms with Crippen molar-refractivity contribution in [1.29, 1.82) is 0 Å². The van der Waals surface area contributed by atoms with Crippen molar-refractivity contribution in [2.24, 2.45) is 10.7 Å². The molecule has 0 unspecified atom stereocenters. The van der Waals surface area contributed by atoms with E-state index in [9.17, 15) is 8.78 Å². The number of pyridine rings is 1. The predicted octanol–water partition coefficient (Wildman–Crippen LogP) is 4.89. The molecule has 0 saturated heterocycles. The first-order valence-corrected chi connectivity index (χ1v) is 10.8. The van der Waals surface area contributed by atoms with E-state index in [1.54, 1.807) is 36.7 Å². The second-order valence-electron chi connectivity index (χ2n) is 8.09. The summed E-state index contributed by atoms with van der Waals surface area (Å²) in [6, 6.07) is 14.2. The minimum atomic E-state index is -0.863. The number of benzene rings is 2. The van der Waals surface area contributed by atoms with Crippen LogP contribution in [-0.2, 0) is 6.61 Å². The maximum Gasteiger partial charge on any atom is 0.165 e. The Hall–Kier alpha value is -3.74. The highest BCUT2D eigenvalue weighted by atomic mass is 19.2. The van der Waals surface area contributed by atoms with Crippen molar-refractivity contribution < 1.29 is 13.5 Å². The van der Waals surface area contributed by atoms with Gasteiger partial charge in [-0.25, -0.2) is 8.78 Å². The summed E-state index contributed by atoms with van der Waals surface area (Å²) in [6.07, 6.45) is 3.38. The molecule has 2 aromatic carbocycles. The highest BCUT2D eigenvalue weighted by molar-refractivity contribution is 6.29. The minimum absolute atomic E-state index is 0.0728. The Morgan fingerprint density at radius 1 is 1.00 bits per heavy atom. The Morgan fingerprint density at radius 2 is 1.73 bits per heavy atom. The van der Waals surface area contributed by atoms with Crippen molar-refractivity contribution in [2.75, 3.05) is 13.1 Å². The standard InChI is InChI=1S/C26H26F2N4O/c1-16(2)21-8-5-19(23(27)24(21)28)15-33-20-6-3-17(4-7-20)22(26-31-13-14-32-26)25(29)18-9-11-30-12-10-18/h3-12,16H,13-15,29H2,1-2H3,(H,31,32). The maximum absolute atomic E-state index is 14.4. The molecular weight excluding hydrogens is 422 g/mol. The van der Waals surface area contributed by atoms with Gasteiger partial charge in [-0.2, -0.15) is 0 Å².